The van der Waals surface area contributed by atoms with Gasteiger partial charge in [-0.25, -0.2) is 0 Å². The number of fused-ring (bicyclic) bond motifs is 3. The highest BCUT2D eigenvalue weighted by Crippen LogP contribution is 2.44. The maximum atomic E-state index is 6.82. The Kier molecular flexibility index (Phi) is 3.19. The first-order chi connectivity index (χ1) is 10.2. The molecule has 3 aromatic rings. The second kappa shape index (κ2) is 5.06. The number of hydrogen-bond acceptors (Lipinski definition) is 0. The first-order valence-electron chi connectivity index (χ1n) is 7.88. The van der Waals surface area contributed by atoms with Crippen molar-refractivity contribution in [3.8, 4) is 0 Å². The van der Waals surface area contributed by atoms with Crippen molar-refractivity contribution in [2.24, 2.45) is 11.8 Å². The van der Waals surface area contributed by atoms with Gasteiger partial charge >= 0.3 is 0 Å². The molecule has 0 amide bonds. The number of nitrogens with one attached hydrogen (secondary N) is 1. The van der Waals surface area contributed by atoms with Crippen molar-refractivity contribution in [3.63, 3.8) is 0 Å². The average molecular weight is 298 g/mol. The van der Waals surface area contributed by atoms with Crippen LogP contribution in [-0.4, -0.2) is 4.98 Å². The molecule has 4 rings (SSSR count). The van der Waals surface area contributed by atoms with Gasteiger partial charge in [-0.1, -0.05) is 44.0 Å². The summed E-state index contributed by atoms with van der Waals surface area (Å²) in [6.45, 7) is 2.34. The maximum absolute atomic E-state index is 6.82. The van der Waals surface area contributed by atoms with Crippen molar-refractivity contribution in [1.82, 2.24) is 4.98 Å². The summed E-state index contributed by atoms with van der Waals surface area (Å²) in [5, 5.41) is 2.72. The van der Waals surface area contributed by atoms with Crippen LogP contribution in [0.3, 0.4) is 0 Å². The molecule has 3 unspecified atom stereocenters. The number of rotatable bonds is 2. The van der Waals surface area contributed by atoms with Crippen LogP contribution in [-0.2, 0) is 0 Å². The summed E-state index contributed by atoms with van der Waals surface area (Å²) in [4.78, 5) is 3.48. The number of para-hydroxylation sites is 1. The Hall–Kier alpha value is -1.47. The topological polar surface area (TPSA) is 15.8 Å². The lowest BCUT2D eigenvalue weighted by Crippen LogP contribution is -2.10. The molecule has 2 heteroatoms. The quantitative estimate of drug-likeness (QED) is 0.555. The lowest BCUT2D eigenvalue weighted by atomic mass is 9.90. The van der Waals surface area contributed by atoms with Gasteiger partial charge in [0, 0.05) is 21.8 Å². The van der Waals surface area contributed by atoms with Gasteiger partial charge < -0.3 is 4.98 Å². The molecule has 0 bridgehead atoms. The largest absolute Gasteiger partial charge is 0.355 e. The molecule has 1 aliphatic rings. The van der Waals surface area contributed by atoms with E-state index in [9.17, 15) is 0 Å². The van der Waals surface area contributed by atoms with Gasteiger partial charge in [-0.3, -0.25) is 0 Å². The smallest absolute Gasteiger partial charge is 0.0616 e. The zero-order valence-electron chi connectivity index (χ0n) is 12.3. The Morgan fingerprint density at radius 3 is 2.67 bits per heavy atom. The van der Waals surface area contributed by atoms with Crippen molar-refractivity contribution < 1.29 is 0 Å². The van der Waals surface area contributed by atoms with Crippen molar-refractivity contribution in [2.45, 2.75) is 31.6 Å². The number of benzene rings is 2. The van der Waals surface area contributed by atoms with Crippen LogP contribution in [0.5, 0.6) is 0 Å². The molecule has 1 nitrogen and oxygen atoms in total. The van der Waals surface area contributed by atoms with Gasteiger partial charge in [0.15, 0.2) is 0 Å². The van der Waals surface area contributed by atoms with E-state index in [1.807, 2.05) is 0 Å². The molecule has 3 atom stereocenters. The predicted molar refractivity (Wildman–Crippen MR) is 90.9 cm³/mol. The van der Waals surface area contributed by atoms with E-state index in [4.69, 9.17) is 11.6 Å². The van der Waals surface area contributed by atoms with E-state index < -0.39 is 0 Å². The predicted octanol–water partition coefficient (Wildman–Crippen LogP) is 6.04. The van der Waals surface area contributed by atoms with E-state index in [1.165, 1.54) is 46.6 Å². The summed E-state index contributed by atoms with van der Waals surface area (Å²) < 4.78 is 0. The number of alkyl halides is 1. The average Bonchev–Trinajstić information content (AvgIpc) is 3.09. The molecular formula is C19H20ClN. The minimum Gasteiger partial charge on any atom is -0.355 e. The molecule has 0 radical (unpaired) electrons. The lowest BCUT2D eigenvalue weighted by Gasteiger charge is -2.21. The van der Waals surface area contributed by atoms with Gasteiger partial charge in [-0.2, -0.15) is 0 Å². The summed E-state index contributed by atoms with van der Waals surface area (Å²) >= 11 is 6.82. The van der Waals surface area contributed by atoms with E-state index in [0.29, 0.717) is 5.92 Å². The second-order valence-electron chi connectivity index (χ2n) is 6.45. The molecule has 1 aromatic heterocycles. The Labute approximate surface area is 130 Å². The lowest BCUT2D eigenvalue weighted by molar-refractivity contribution is 0.406. The third-order valence-corrected chi connectivity index (χ3v) is 5.73. The van der Waals surface area contributed by atoms with Crippen LogP contribution in [0.2, 0.25) is 0 Å². The van der Waals surface area contributed by atoms with E-state index in [-0.39, 0.29) is 5.38 Å². The molecular weight excluding hydrogens is 278 g/mol. The molecule has 1 saturated carbocycles. The van der Waals surface area contributed by atoms with Crippen LogP contribution in [0.25, 0.3) is 21.8 Å². The number of halogens is 1. The van der Waals surface area contributed by atoms with Crippen molar-refractivity contribution in [2.75, 3.05) is 0 Å². The molecule has 0 saturated heterocycles. The first kappa shape index (κ1) is 13.2. The summed E-state index contributed by atoms with van der Waals surface area (Å²) in [5.41, 5.74) is 3.67. The summed E-state index contributed by atoms with van der Waals surface area (Å²) in [6, 6.07) is 15.1. The highest BCUT2D eigenvalue weighted by Gasteiger charge is 2.30. The standard InChI is InChI=1S/C19H20ClN/c1-12-5-4-7-14(12)19(20)13-9-10-18-16(11-13)15-6-2-3-8-17(15)21-18/h2-3,6,8-12,14,19,21H,4-5,7H2,1H3. The van der Waals surface area contributed by atoms with Gasteiger partial charge in [0.2, 0.25) is 0 Å². The Bertz CT molecular complexity index is 788. The monoisotopic (exact) mass is 297 g/mol. The van der Waals surface area contributed by atoms with E-state index in [2.05, 4.69) is 54.4 Å². The first-order valence-corrected chi connectivity index (χ1v) is 8.32. The van der Waals surface area contributed by atoms with Crippen molar-refractivity contribution in [3.05, 3.63) is 48.0 Å². The molecule has 0 spiro atoms. The molecule has 2 aromatic carbocycles. The number of aromatic nitrogens is 1. The molecule has 1 heterocycles. The zero-order valence-corrected chi connectivity index (χ0v) is 13.0. The van der Waals surface area contributed by atoms with Crippen LogP contribution in [0.4, 0.5) is 0 Å². The van der Waals surface area contributed by atoms with Gasteiger partial charge in [0.25, 0.3) is 0 Å². The van der Waals surface area contributed by atoms with Crippen LogP contribution in [0.1, 0.15) is 37.1 Å². The van der Waals surface area contributed by atoms with Crippen LogP contribution in [0.15, 0.2) is 42.5 Å². The van der Waals surface area contributed by atoms with Crippen LogP contribution in [0, 0.1) is 11.8 Å². The summed E-state index contributed by atoms with van der Waals surface area (Å²) in [5.74, 6) is 1.36. The highest BCUT2D eigenvalue weighted by molar-refractivity contribution is 6.21. The molecule has 108 valence electrons. The Balaban J connectivity index is 1.80. The fraction of sp³-hybridized carbons (Fsp3) is 0.368. The Morgan fingerprint density at radius 1 is 1.05 bits per heavy atom. The van der Waals surface area contributed by atoms with Gasteiger partial charge in [-0.05, 0) is 42.0 Å². The Morgan fingerprint density at radius 2 is 1.86 bits per heavy atom. The second-order valence-corrected chi connectivity index (χ2v) is 6.92. The fourth-order valence-electron chi connectivity index (χ4n) is 3.89. The van der Waals surface area contributed by atoms with Crippen molar-refractivity contribution in [1.29, 1.82) is 0 Å². The fourth-order valence-corrected chi connectivity index (χ4v) is 4.40. The molecule has 1 N–H and O–H groups in total. The number of H-pyrrole nitrogens is 1. The van der Waals surface area contributed by atoms with Gasteiger partial charge in [0.05, 0.1) is 5.38 Å². The highest BCUT2D eigenvalue weighted by atomic mass is 35.5. The van der Waals surface area contributed by atoms with E-state index in [0.717, 1.165) is 5.92 Å². The summed E-state index contributed by atoms with van der Waals surface area (Å²) in [6.07, 6.45) is 3.91. The van der Waals surface area contributed by atoms with E-state index >= 15 is 0 Å². The molecule has 0 aliphatic heterocycles. The van der Waals surface area contributed by atoms with E-state index in [1.54, 1.807) is 0 Å². The molecule has 1 fully saturated rings. The van der Waals surface area contributed by atoms with Gasteiger partial charge in [0.1, 0.15) is 0 Å². The third-order valence-electron chi connectivity index (χ3n) is 5.15. The summed E-state index contributed by atoms with van der Waals surface area (Å²) in [7, 11) is 0. The van der Waals surface area contributed by atoms with Crippen molar-refractivity contribution >= 4 is 33.4 Å². The SMILES string of the molecule is CC1CCCC1C(Cl)c1ccc2[nH]c3ccccc3c2c1. The maximum Gasteiger partial charge on any atom is 0.0616 e. The zero-order chi connectivity index (χ0) is 14.4. The normalized spacial score (nSPS) is 23.9. The number of aromatic amines is 1. The minimum atomic E-state index is 0.139. The van der Waals surface area contributed by atoms with Crippen LogP contribution >= 0.6 is 11.6 Å². The number of hydrogen-bond donors (Lipinski definition) is 1. The van der Waals surface area contributed by atoms with Gasteiger partial charge in [-0.15, -0.1) is 11.6 Å². The van der Waals surface area contributed by atoms with Crippen LogP contribution < -0.4 is 0 Å². The molecule has 1 aliphatic carbocycles. The third kappa shape index (κ3) is 2.15. The minimum absolute atomic E-state index is 0.139. The molecule has 21 heavy (non-hydrogen) atoms.